The summed E-state index contributed by atoms with van der Waals surface area (Å²) in [6.07, 6.45) is 0. The summed E-state index contributed by atoms with van der Waals surface area (Å²) >= 11 is 1.55. The number of hydrogen-bond donors (Lipinski definition) is 1. The number of amides is 1. The maximum Gasteiger partial charge on any atom is 0.310 e. The number of benzene rings is 1. The number of phenols is 1. The molecule has 1 unspecified atom stereocenters. The zero-order chi connectivity index (χ0) is 15.6. The number of nitro groups is 1. The Labute approximate surface area is 125 Å². The Morgan fingerprint density at radius 1 is 1.43 bits per heavy atom. The second-order valence-corrected chi connectivity index (χ2v) is 5.55. The van der Waals surface area contributed by atoms with Crippen LogP contribution in [0.25, 0.3) is 0 Å². The first-order valence-electron chi connectivity index (χ1n) is 6.19. The number of aromatic hydroxyl groups is 1. The molecular weight excluding hydrogens is 292 g/mol. The molecule has 0 fully saturated rings. The zero-order valence-corrected chi connectivity index (χ0v) is 12.3. The van der Waals surface area contributed by atoms with Gasteiger partial charge in [-0.15, -0.1) is 11.3 Å². The molecule has 0 radical (unpaired) electrons. The molecule has 7 heteroatoms. The van der Waals surface area contributed by atoms with Crippen molar-refractivity contribution < 1.29 is 14.8 Å². The maximum absolute atomic E-state index is 12.4. The smallest absolute Gasteiger partial charge is 0.310 e. The molecule has 0 aliphatic rings. The number of carbonyl (C=O) groups is 1. The lowest BCUT2D eigenvalue weighted by Crippen LogP contribution is -2.29. The molecular formula is C14H14N2O4S. The predicted octanol–water partition coefficient (Wildman–Crippen LogP) is 3.20. The molecule has 1 atom stereocenters. The summed E-state index contributed by atoms with van der Waals surface area (Å²) in [5.74, 6) is -0.816. The summed E-state index contributed by atoms with van der Waals surface area (Å²) in [4.78, 5) is 24.9. The van der Waals surface area contributed by atoms with Gasteiger partial charge in [0.05, 0.1) is 11.0 Å². The summed E-state index contributed by atoms with van der Waals surface area (Å²) in [6, 6.07) is 7.33. The van der Waals surface area contributed by atoms with Crippen LogP contribution in [0.15, 0.2) is 35.7 Å². The van der Waals surface area contributed by atoms with Crippen LogP contribution in [0, 0.1) is 10.1 Å². The van der Waals surface area contributed by atoms with Crippen molar-refractivity contribution in [3.63, 3.8) is 0 Å². The standard InChI is InChI=1S/C14H14N2O4S/c1-9(13-4-3-7-21-13)15(2)14(18)10-5-6-11(16(19)20)12(17)8-10/h3-9,17H,1-2H3. The summed E-state index contributed by atoms with van der Waals surface area (Å²) in [5, 5.41) is 22.2. The van der Waals surface area contributed by atoms with Gasteiger partial charge in [0, 0.05) is 23.6 Å². The van der Waals surface area contributed by atoms with Crippen molar-refractivity contribution in [2.24, 2.45) is 0 Å². The average molecular weight is 306 g/mol. The highest BCUT2D eigenvalue weighted by molar-refractivity contribution is 7.10. The molecule has 2 aromatic rings. The van der Waals surface area contributed by atoms with Gasteiger partial charge in [0.1, 0.15) is 0 Å². The molecule has 6 nitrogen and oxygen atoms in total. The third-order valence-electron chi connectivity index (χ3n) is 3.28. The van der Waals surface area contributed by atoms with Crippen molar-refractivity contribution in [1.29, 1.82) is 0 Å². The van der Waals surface area contributed by atoms with E-state index in [9.17, 15) is 20.0 Å². The van der Waals surface area contributed by atoms with E-state index in [2.05, 4.69) is 0 Å². The van der Waals surface area contributed by atoms with Gasteiger partial charge in [-0.05, 0) is 30.5 Å². The van der Waals surface area contributed by atoms with Crippen LogP contribution in [-0.2, 0) is 0 Å². The molecule has 1 aromatic carbocycles. The number of phenolic OH excluding ortho intramolecular Hbond substituents is 1. The Hall–Kier alpha value is -2.41. The van der Waals surface area contributed by atoms with E-state index >= 15 is 0 Å². The summed E-state index contributed by atoms with van der Waals surface area (Å²) in [7, 11) is 1.66. The van der Waals surface area contributed by atoms with E-state index < -0.39 is 16.4 Å². The first kappa shape index (κ1) is 15.0. The largest absolute Gasteiger partial charge is 0.502 e. The molecule has 1 N–H and O–H groups in total. The third kappa shape index (κ3) is 3.03. The van der Waals surface area contributed by atoms with Crippen LogP contribution in [-0.4, -0.2) is 27.9 Å². The zero-order valence-electron chi connectivity index (χ0n) is 11.5. The van der Waals surface area contributed by atoms with Crippen LogP contribution >= 0.6 is 11.3 Å². The highest BCUT2D eigenvalue weighted by Gasteiger charge is 2.22. The van der Waals surface area contributed by atoms with Gasteiger partial charge in [-0.1, -0.05) is 6.07 Å². The van der Waals surface area contributed by atoms with Gasteiger partial charge in [-0.3, -0.25) is 14.9 Å². The summed E-state index contributed by atoms with van der Waals surface area (Å²) < 4.78 is 0. The van der Waals surface area contributed by atoms with Crippen molar-refractivity contribution in [3.8, 4) is 5.75 Å². The molecule has 0 bridgehead atoms. The Balaban J connectivity index is 2.23. The number of rotatable bonds is 4. The Bertz CT molecular complexity index is 670. The molecule has 0 spiro atoms. The van der Waals surface area contributed by atoms with Crippen molar-refractivity contribution in [2.45, 2.75) is 13.0 Å². The fourth-order valence-corrected chi connectivity index (χ4v) is 2.74. The average Bonchev–Trinajstić information content (AvgIpc) is 2.98. The van der Waals surface area contributed by atoms with Crippen molar-refractivity contribution in [1.82, 2.24) is 4.90 Å². The van der Waals surface area contributed by atoms with E-state index in [0.717, 1.165) is 17.0 Å². The SMILES string of the molecule is CC(c1cccs1)N(C)C(=O)c1ccc([N+](=O)[O-])c(O)c1. The molecule has 21 heavy (non-hydrogen) atoms. The summed E-state index contributed by atoms with van der Waals surface area (Å²) in [6.45, 7) is 1.90. The quantitative estimate of drug-likeness (QED) is 0.694. The van der Waals surface area contributed by atoms with Gasteiger partial charge in [-0.2, -0.15) is 0 Å². The molecule has 1 amide bonds. The number of carbonyl (C=O) groups excluding carboxylic acids is 1. The maximum atomic E-state index is 12.4. The number of thiophene rings is 1. The molecule has 1 aromatic heterocycles. The van der Waals surface area contributed by atoms with E-state index in [1.807, 2.05) is 24.4 Å². The van der Waals surface area contributed by atoms with Crippen LogP contribution in [0.3, 0.4) is 0 Å². The molecule has 0 aliphatic heterocycles. The van der Waals surface area contributed by atoms with E-state index in [1.54, 1.807) is 18.4 Å². The minimum absolute atomic E-state index is 0.116. The fraction of sp³-hybridized carbons (Fsp3) is 0.214. The van der Waals surface area contributed by atoms with Crippen LogP contribution in [0.1, 0.15) is 28.2 Å². The third-order valence-corrected chi connectivity index (χ3v) is 4.32. The molecule has 1 heterocycles. The van der Waals surface area contributed by atoms with E-state index in [1.165, 1.54) is 11.0 Å². The van der Waals surface area contributed by atoms with E-state index in [4.69, 9.17) is 0 Å². The van der Waals surface area contributed by atoms with Gasteiger partial charge >= 0.3 is 5.69 Å². The van der Waals surface area contributed by atoms with Gasteiger partial charge in [0.15, 0.2) is 5.75 Å². The van der Waals surface area contributed by atoms with Gasteiger partial charge < -0.3 is 10.0 Å². The number of nitrogens with zero attached hydrogens (tertiary/aromatic N) is 2. The van der Waals surface area contributed by atoms with Crippen molar-refractivity contribution in [3.05, 3.63) is 56.3 Å². The summed E-state index contributed by atoms with van der Waals surface area (Å²) in [5.41, 5.74) is -0.204. The van der Waals surface area contributed by atoms with Crippen LogP contribution in [0.2, 0.25) is 0 Å². The van der Waals surface area contributed by atoms with Crippen LogP contribution in [0.5, 0.6) is 5.75 Å². The van der Waals surface area contributed by atoms with E-state index in [0.29, 0.717) is 0 Å². The Kier molecular flexibility index (Phi) is 4.23. The number of nitro benzene ring substituents is 1. The van der Waals surface area contributed by atoms with Gasteiger partial charge in [0.2, 0.25) is 0 Å². The minimum atomic E-state index is -0.693. The lowest BCUT2D eigenvalue weighted by atomic mass is 10.1. The van der Waals surface area contributed by atoms with Gasteiger partial charge in [-0.25, -0.2) is 0 Å². The van der Waals surface area contributed by atoms with Crippen molar-refractivity contribution in [2.75, 3.05) is 7.05 Å². The molecule has 110 valence electrons. The minimum Gasteiger partial charge on any atom is -0.502 e. The normalized spacial score (nSPS) is 11.9. The molecule has 0 aliphatic carbocycles. The van der Waals surface area contributed by atoms with Crippen LogP contribution in [0.4, 0.5) is 5.69 Å². The highest BCUT2D eigenvalue weighted by Crippen LogP contribution is 2.29. The second kappa shape index (κ2) is 5.92. The Morgan fingerprint density at radius 2 is 2.14 bits per heavy atom. The monoisotopic (exact) mass is 306 g/mol. The first-order valence-corrected chi connectivity index (χ1v) is 7.07. The predicted molar refractivity (Wildman–Crippen MR) is 79.6 cm³/mol. The topological polar surface area (TPSA) is 83.7 Å². The second-order valence-electron chi connectivity index (χ2n) is 4.57. The highest BCUT2D eigenvalue weighted by atomic mass is 32.1. The number of hydrogen-bond acceptors (Lipinski definition) is 5. The van der Waals surface area contributed by atoms with Crippen molar-refractivity contribution >= 4 is 22.9 Å². The van der Waals surface area contributed by atoms with E-state index in [-0.39, 0.29) is 17.5 Å². The molecule has 0 saturated carbocycles. The molecule has 0 saturated heterocycles. The van der Waals surface area contributed by atoms with Gasteiger partial charge in [0.25, 0.3) is 5.91 Å². The lowest BCUT2D eigenvalue weighted by molar-refractivity contribution is -0.385. The van der Waals surface area contributed by atoms with Crippen LogP contribution < -0.4 is 0 Å². The lowest BCUT2D eigenvalue weighted by Gasteiger charge is -2.24. The Morgan fingerprint density at radius 3 is 2.67 bits per heavy atom. The first-order chi connectivity index (χ1) is 9.91. The fourth-order valence-electron chi connectivity index (χ4n) is 1.91. The molecule has 2 rings (SSSR count).